The Hall–Kier alpha value is -1.90. The zero-order chi connectivity index (χ0) is 14.8. The molecule has 0 saturated carbocycles. The fraction of sp³-hybridized carbons (Fsp3) is 0.467. The number of carbonyl (C=O) groups is 1. The second kappa shape index (κ2) is 9.08. The molecule has 1 N–H and O–H groups in total. The molecule has 5 heteroatoms. The zero-order valence-electron chi connectivity index (χ0n) is 11.9. The van der Waals surface area contributed by atoms with Crippen LogP contribution in [0.3, 0.4) is 0 Å². The summed E-state index contributed by atoms with van der Waals surface area (Å²) < 4.78 is 4.99. The van der Waals surface area contributed by atoms with E-state index in [-0.39, 0.29) is 12.5 Å². The second-order valence-corrected chi connectivity index (χ2v) is 4.12. The molecule has 20 heavy (non-hydrogen) atoms. The van der Waals surface area contributed by atoms with Gasteiger partial charge in [0.2, 0.25) is 0 Å². The van der Waals surface area contributed by atoms with Crippen LogP contribution in [-0.2, 0) is 4.74 Å². The Morgan fingerprint density at radius 2 is 2.30 bits per heavy atom. The molecule has 0 aliphatic carbocycles. The highest BCUT2D eigenvalue weighted by Crippen LogP contribution is 2.06. The second-order valence-electron chi connectivity index (χ2n) is 4.12. The first kappa shape index (κ1) is 16.2. The van der Waals surface area contributed by atoms with Crippen molar-refractivity contribution in [2.24, 2.45) is 0 Å². The lowest BCUT2D eigenvalue weighted by Gasteiger charge is -2.20. The first-order valence-corrected chi connectivity index (χ1v) is 6.56. The summed E-state index contributed by atoms with van der Waals surface area (Å²) in [4.78, 5) is 18.0. The summed E-state index contributed by atoms with van der Waals surface area (Å²) in [6, 6.07) is 1.72. The van der Waals surface area contributed by atoms with E-state index in [4.69, 9.17) is 9.84 Å². The maximum atomic E-state index is 12.3. The Kier molecular flexibility index (Phi) is 7.33. The van der Waals surface area contributed by atoms with Crippen LogP contribution in [0, 0.1) is 11.8 Å². The highest BCUT2D eigenvalue weighted by atomic mass is 16.5. The van der Waals surface area contributed by atoms with Crippen molar-refractivity contribution in [2.45, 2.75) is 13.3 Å². The molecule has 0 bridgehead atoms. The van der Waals surface area contributed by atoms with Gasteiger partial charge in [-0.15, -0.1) is 0 Å². The van der Waals surface area contributed by atoms with Crippen LogP contribution < -0.4 is 0 Å². The van der Waals surface area contributed by atoms with Gasteiger partial charge < -0.3 is 14.7 Å². The molecule has 0 aliphatic heterocycles. The number of methoxy groups -OCH3 is 1. The van der Waals surface area contributed by atoms with Crippen molar-refractivity contribution in [3.63, 3.8) is 0 Å². The van der Waals surface area contributed by atoms with Gasteiger partial charge in [-0.25, -0.2) is 0 Å². The lowest BCUT2D eigenvalue weighted by atomic mass is 10.2. The monoisotopic (exact) mass is 276 g/mol. The molecule has 0 radical (unpaired) electrons. The smallest absolute Gasteiger partial charge is 0.255 e. The summed E-state index contributed by atoms with van der Waals surface area (Å²) >= 11 is 0. The van der Waals surface area contributed by atoms with Crippen LogP contribution in [-0.4, -0.2) is 54.3 Å². The minimum Gasteiger partial charge on any atom is -0.395 e. The van der Waals surface area contributed by atoms with E-state index in [1.807, 2.05) is 6.92 Å². The van der Waals surface area contributed by atoms with Gasteiger partial charge in [-0.05, 0) is 13.0 Å². The predicted octanol–water partition coefficient (Wildman–Crippen LogP) is 0.924. The number of likely N-dealkylation sites (N-methyl/N-ethyl adjacent to an activating group) is 1. The van der Waals surface area contributed by atoms with E-state index in [9.17, 15) is 4.79 Å². The highest BCUT2D eigenvalue weighted by Gasteiger charge is 2.14. The minimum atomic E-state index is -0.0807. The predicted molar refractivity (Wildman–Crippen MR) is 76.3 cm³/mol. The normalized spacial score (nSPS) is 9.75. The third-order valence-corrected chi connectivity index (χ3v) is 2.69. The van der Waals surface area contributed by atoms with E-state index in [1.54, 1.807) is 24.3 Å². The maximum Gasteiger partial charge on any atom is 0.255 e. The molecule has 0 aliphatic rings. The Bertz CT molecular complexity index is 491. The molecule has 0 unspecified atom stereocenters. The van der Waals surface area contributed by atoms with Gasteiger partial charge in [0.1, 0.15) is 0 Å². The van der Waals surface area contributed by atoms with E-state index in [2.05, 4.69) is 16.8 Å². The molecule has 1 heterocycles. The lowest BCUT2D eigenvalue weighted by molar-refractivity contribution is 0.0706. The topological polar surface area (TPSA) is 62.7 Å². The average molecular weight is 276 g/mol. The number of aromatic nitrogens is 1. The van der Waals surface area contributed by atoms with Crippen LogP contribution in [0.25, 0.3) is 0 Å². The van der Waals surface area contributed by atoms with Gasteiger partial charge in [-0.3, -0.25) is 9.78 Å². The summed E-state index contributed by atoms with van der Waals surface area (Å²) in [7, 11) is 1.61. The minimum absolute atomic E-state index is 0.0275. The third-order valence-electron chi connectivity index (χ3n) is 2.69. The molecular weight excluding hydrogens is 256 g/mol. The number of rotatable bonds is 6. The number of aliphatic hydroxyl groups excluding tert-OH is 1. The van der Waals surface area contributed by atoms with Gasteiger partial charge in [0, 0.05) is 44.6 Å². The van der Waals surface area contributed by atoms with Crippen LogP contribution in [0.4, 0.5) is 0 Å². The van der Waals surface area contributed by atoms with Crippen molar-refractivity contribution in [1.29, 1.82) is 0 Å². The van der Waals surface area contributed by atoms with Crippen molar-refractivity contribution in [3.8, 4) is 11.8 Å². The summed E-state index contributed by atoms with van der Waals surface area (Å²) in [6.07, 6.45) is 3.55. The van der Waals surface area contributed by atoms with Crippen LogP contribution in [0.5, 0.6) is 0 Å². The molecule has 0 atom stereocenters. The van der Waals surface area contributed by atoms with Crippen molar-refractivity contribution >= 4 is 5.91 Å². The van der Waals surface area contributed by atoms with Crippen molar-refractivity contribution in [1.82, 2.24) is 9.88 Å². The van der Waals surface area contributed by atoms with Gasteiger partial charge in [0.05, 0.1) is 18.8 Å². The van der Waals surface area contributed by atoms with Crippen molar-refractivity contribution < 1.29 is 14.6 Å². The fourth-order valence-electron chi connectivity index (χ4n) is 1.63. The molecule has 108 valence electrons. The van der Waals surface area contributed by atoms with Gasteiger partial charge in [-0.1, -0.05) is 11.8 Å². The van der Waals surface area contributed by atoms with Crippen LogP contribution in [0.15, 0.2) is 18.5 Å². The van der Waals surface area contributed by atoms with Gasteiger partial charge >= 0.3 is 0 Å². The first-order chi connectivity index (χ1) is 9.72. The molecule has 0 fully saturated rings. The molecular formula is C15H20N2O3. The summed E-state index contributed by atoms with van der Waals surface area (Å²) in [5.41, 5.74) is 1.19. The molecule has 1 rings (SSSR count). The van der Waals surface area contributed by atoms with Crippen molar-refractivity contribution in [2.75, 3.05) is 33.4 Å². The molecule has 5 nitrogen and oxygen atoms in total. The Morgan fingerprint density at radius 1 is 1.50 bits per heavy atom. The number of aliphatic hydroxyl groups is 1. The van der Waals surface area contributed by atoms with E-state index in [1.165, 1.54) is 6.20 Å². The zero-order valence-corrected chi connectivity index (χ0v) is 11.9. The Labute approximate surface area is 119 Å². The molecule has 0 aromatic carbocycles. The standard InChI is InChI=1S/C15H20N2O3/c1-3-17(7-9-20-2)15(19)14-10-13(11-16-12-14)6-4-5-8-18/h10-12,18H,3,5,7-9H2,1-2H3. The number of ether oxygens (including phenoxy) is 1. The van der Waals surface area contributed by atoms with E-state index >= 15 is 0 Å². The summed E-state index contributed by atoms with van der Waals surface area (Å²) in [5.74, 6) is 5.60. The Balaban J connectivity index is 2.82. The molecule has 1 aromatic heterocycles. The number of pyridine rings is 1. The molecule has 0 spiro atoms. The first-order valence-electron chi connectivity index (χ1n) is 6.56. The number of hydrogen-bond acceptors (Lipinski definition) is 4. The van der Waals surface area contributed by atoms with Gasteiger partial charge in [0.15, 0.2) is 0 Å². The van der Waals surface area contributed by atoms with Crippen molar-refractivity contribution in [3.05, 3.63) is 29.6 Å². The summed E-state index contributed by atoms with van der Waals surface area (Å²) in [5, 5.41) is 8.68. The average Bonchev–Trinajstić information content (AvgIpc) is 2.48. The number of carbonyl (C=O) groups excluding carboxylic acids is 1. The number of hydrogen-bond donors (Lipinski definition) is 1. The van der Waals surface area contributed by atoms with Crippen LogP contribution in [0.2, 0.25) is 0 Å². The molecule has 0 saturated heterocycles. The number of nitrogens with zero attached hydrogens (tertiary/aromatic N) is 2. The molecule has 1 amide bonds. The number of amides is 1. The molecule has 1 aromatic rings. The van der Waals surface area contributed by atoms with Crippen LogP contribution >= 0.6 is 0 Å². The summed E-state index contributed by atoms with van der Waals surface area (Å²) in [6.45, 7) is 3.61. The quantitative estimate of drug-likeness (QED) is 0.785. The van der Waals surface area contributed by atoms with Gasteiger partial charge in [0.25, 0.3) is 5.91 Å². The van der Waals surface area contributed by atoms with Gasteiger partial charge in [-0.2, -0.15) is 0 Å². The Morgan fingerprint density at radius 3 is 2.95 bits per heavy atom. The largest absolute Gasteiger partial charge is 0.395 e. The third kappa shape index (κ3) is 5.00. The highest BCUT2D eigenvalue weighted by molar-refractivity contribution is 5.94. The van der Waals surface area contributed by atoms with E-state index in [0.717, 1.165) is 0 Å². The van der Waals surface area contributed by atoms with E-state index < -0.39 is 0 Å². The van der Waals surface area contributed by atoms with Crippen LogP contribution in [0.1, 0.15) is 29.3 Å². The maximum absolute atomic E-state index is 12.3. The van der Waals surface area contributed by atoms with E-state index in [0.29, 0.717) is 37.2 Å². The fourth-order valence-corrected chi connectivity index (χ4v) is 1.63. The SMILES string of the molecule is CCN(CCOC)C(=O)c1cncc(C#CCCO)c1. The lowest BCUT2D eigenvalue weighted by Crippen LogP contribution is -2.33.